The van der Waals surface area contributed by atoms with Gasteiger partial charge in [-0.3, -0.25) is 9.59 Å². The zero-order valence-corrected chi connectivity index (χ0v) is 22.4. The van der Waals surface area contributed by atoms with Gasteiger partial charge in [-0.2, -0.15) is 0 Å². The zero-order valence-electron chi connectivity index (χ0n) is 22.4. The molecular formula is C27H45N3O4. The van der Waals surface area contributed by atoms with E-state index in [1.165, 1.54) is 0 Å². The van der Waals surface area contributed by atoms with Crippen molar-refractivity contribution in [3.8, 4) is 0 Å². The summed E-state index contributed by atoms with van der Waals surface area (Å²) < 4.78 is 5.26. The van der Waals surface area contributed by atoms with E-state index in [1.54, 1.807) is 25.7 Å². The normalized spacial score (nSPS) is 12.6. The van der Waals surface area contributed by atoms with Gasteiger partial charge < -0.3 is 20.3 Å². The second kappa shape index (κ2) is 13.4. The molecule has 0 aliphatic carbocycles. The largest absolute Gasteiger partial charge is 0.444 e. The molecule has 1 unspecified atom stereocenters. The fourth-order valence-corrected chi connectivity index (χ4v) is 3.51. The topological polar surface area (TPSA) is 87.7 Å². The van der Waals surface area contributed by atoms with Gasteiger partial charge in [0.2, 0.25) is 11.8 Å². The Morgan fingerprint density at radius 1 is 0.941 bits per heavy atom. The second-order valence-electron chi connectivity index (χ2n) is 10.9. The van der Waals surface area contributed by atoms with E-state index in [4.69, 9.17) is 4.74 Å². The maximum absolute atomic E-state index is 13.4. The van der Waals surface area contributed by atoms with Crippen LogP contribution in [0.15, 0.2) is 24.3 Å². The van der Waals surface area contributed by atoms with Crippen molar-refractivity contribution in [1.29, 1.82) is 0 Å². The molecule has 0 aliphatic heterocycles. The molecule has 0 fully saturated rings. The molecule has 0 saturated carbocycles. The maximum Gasteiger partial charge on any atom is 0.408 e. The molecule has 1 aromatic rings. The maximum atomic E-state index is 13.4. The average molecular weight is 476 g/mol. The Morgan fingerprint density at radius 3 is 2.06 bits per heavy atom. The van der Waals surface area contributed by atoms with Gasteiger partial charge in [-0.05, 0) is 60.5 Å². The number of nitrogens with one attached hydrogen (secondary N) is 2. The van der Waals surface area contributed by atoms with Crippen molar-refractivity contribution in [2.75, 3.05) is 13.1 Å². The quantitative estimate of drug-likeness (QED) is 0.427. The third-order valence-corrected chi connectivity index (χ3v) is 5.06. The summed E-state index contributed by atoms with van der Waals surface area (Å²) in [5.74, 6) is -0.563. The van der Waals surface area contributed by atoms with E-state index in [-0.39, 0.29) is 18.4 Å². The lowest BCUT2D eigenvalue weighted by Gasteiger charge is -2.34. The smallest absolute Gasteiger partial charge is 0.408 e. The number of rotatable bonds is 11. The highest BCUT2D eigenvalue weighted by atomic mass is 16.6. The van der Waals surface area contributed by atoms with Gasteiger partial charge in [0.05, 0.1) is 0 Å². The molecule has 0 radical (unpaired) electrons. The van der Waals surface area contributed by atoms with Gasteiger partial charge >= 0.3 is 6.09 Å². The van der Waals surface area contributed by atoms with Crippen LogP contribution in [-0.2, 0) is 14.3 Å². The van der Waals surface area contributed by atoms with E-state index in [0.29, 0.717) is 6.54 Å². The Bertz CT molecular complexity index is 792. The highest BCUT2D eigenvalue weighted by molar-refractivity contribution is 5.90. The van der Waals surface area contributed by atoms with Gasteiger partial charge in [-0.1, -0.05) is 62.4 Å². The van der Waals surface area contributed by atoms with Gasteiger partial charge in [-0.25, -0.2) is 4.79 Å². The fourth-order valence-electron chi connectivity index (χ4n) is 3.51. The van der Waals surface area contributed by atoms with E-state index in [9.17, 15) is 14.4 Å². The molecule has 1 atom stereocenters. The molecule has 0 aliphatic rings. The van der Waals surface area contributed by atoms with Crippen LogP contribution in [0, 0.1) is 6.92 Å². The first-order valence-electron chi connectivity index (χ1n) is 12.4. The SMILES string of the molecule is CCCCCCCN(C(=O)CNC(=O)OC(C)(C)C)C(C(=O)NC(C)(C)C)c1ccc(C)cc1. The summed E-state index contributed by atoms with van der Waals surface area (Å²) in [6.07, 6.45) is 4.44. The molecule has 192 valence electrons. The zero-order chi connectivity index (χ0) is 25.9. The lowest BCUT2D eigenvalue weighted by atomic mass is 10.00. The van der Waals surface area contributed by atoms with Gasteiger partial charge in [0.25, 0.3) is 0 Å². The first kappa shape index (κ1) is 29.5. The summed E-state index contributed by atoms with van der Waals surface area (Å²) in [7, 11) is 0. The molecule has 0 saturated heterocycles. The summed E-state index contributed by atoms with van der Waals surface area (Å²) in [5.41, 5.74) is 0.697. The predicted molar refractivity (Wildman–Crippen MR) is 137 cm³/mol. The Morgan fingerprint density at radius 2 is 1.53 bits per heavy atom. The third kappa shape index (κ3) is 11.5. The molecule has 0 aromatic heterocycles. The number of aryl methyl sites for hydroxylation is 1. The van der Waals surface area contributed by atoms with Crippen LogP contribution in [0.1, 0.15) is 97.7 Å². The molecule has 0 bridgehead atoms. The minimum atomic E-state index is -0.793. The lowest BCUT2D eigenvalue weighted by molar-refractivity contribution is -0.141. The van der Waals surface area contributed by atoms with Gasteiger partial charge in [0.1, 0.15) is 18.2 Å². The lowest BCUT2D eigenvalue weighted by Crippen LogP contribution is -2.51. The second-order valence-corrected chi connectivity index (χ2v) is 10.9. The van der Waals surface area contributed by atoms with E-state index in [0.717, 1.165) is 43.2 Å². The third-order valence-electron chi connectivity index (χ3n) is 5.06. The number of nitrogens with zero attached hydrogens (tertiary/aromatic N) is 1. The Hall–Kier alpha value is -2.57. The molecule has 1 rings (SSSR count). The van der Waals surface area contributed by atoms with Crippen LogP contribution in [0.4, 0.5) is 4.79 Å². The summed E-state index contributed by atoms with van der Waals surface area (Å²) >= 11 is 0. The van der Waals surface area contributed by atoms with Crippen molar-refractivity contribution in [3.05, 3.63) is 35.4 Å². The van der Waals surface area contributed by atoms with Crippen molar-refractivity contribution in [2.24, 2.45) is 0 Å². The molecule has 3 amide bonds. The van der Waals surface area contributed by atoms with Crippen molar-refractivity contribution in [3.63, 3.8) is 0 Å². The first-order chi connectivity index (χ1) is 15.7. The number of benzene rings is 1. The van der Waals surface area contributed by atoms with Gasteiger partial charge in [0.15, 0.2) is 0 Å². The Labute approximate surface area is 206 Å². The van der Waals surface area contributed by atoms with E-state index in [1.807, 2.05) is 52.0 Å². The van der Waals surface area contributed by atoms with Crippen LogP contribution in [0.5, 0.6) is 0 Å². The molecule has 0 heterocycles. The monoisotopic (exact) mass is 475 g/mol. The van der Waals surface area contributed by atoms with Crippen LogP contribution in [0.2, 0.25) is 0 Å². The van der Waals surface area contributed by atoms with Crippen molar-refractivity contribution in [1.82, 2.24) is 15.5 Å². The highest BCUT2D eigenvalue weighted by Gasteiger charge is 2.33. The van der Waals surface area contributed by atoms with Crippen molar-refractivity contribution in [2.45, 2.75) is 105 Å². The van der Waals surface area contributed by atoms with Crippen molar-refractivity contribution >= 4 is 17.9 Å². The summed E-state index contributed by atoms with van der Waals surface area (Å²) in [4.78, 5) is 40.5. The van der Waals surface area contributed by atoms with E-state index >= 15 is 0 Å². The molecular weight excluding hydrogens is 430 g/mol. The highest BCUT2D eigenvalue weighted by Crippen LogP contribution is 2.24. The molecule has 1 aromatic carbocycles. The molecule has 7 heteroatoms. The number of hydrogen-bond acceptors (Lipinski definition) is 4. The Balaban J connectivity index is 3.18. The summed E-state index contributed by atoms with van der Waals surface area (Å²) in [5, 5.41) is 5.58. The molecule has 0 spiro atoms. The average Bonchev–Trinajstić information content (AvgIpc) is 2.69. The van der Waals surface area contributed by atoms with E-state index in [2.05, 4.69) is 17.6 Å². The number of carbonyl (C=O) groups excluding carboxylic acids is 3. The minimum absolute atomic E-state index is 0.240. The number of amides is 3. The number of alkyl carbamates (subject to hydrolysis) is 1. The molecule has 34 heavy (non-hydrogen) atoms. The summed E-state index contributed by atoms with van der Waals surface area (Å²) in [6, 6.07) is 6.87. The number of unbranched alkanes of at least 4 members (excludes halogenated alkanes) is 4. The van der Waals surface area contributed by atoms with E-state index < -0.39 is 23.3 Å². The number of carbonyl (C=O) groups is 3. The first-order valence-corrected chi connectivity index (χ1v) is 12.4. The predicted octanol–water partition coefficient (Wildman–Crippen LogP) is 5.27. The summed E-state index contributed by atoms with van der Waals surface area (Å²) in [6.45, 7) is 15.4. The van der Waals surface area contributed by atoms with Gasteiger partial charge in [-0.15, -0.1) is 0 Å². The number of ether oxygens (including phenoxy) is 1. The van der Waals surface area contributed by atoms with Crippen molar-refractivity contribution < 1.29 is 19.1 Å². The minimum Gasteiger partial charge on any atom is -0.444 e. The molecule has 2 N–H and O–H groups in total. The fraction of sp³-hybridized carbons (Fsp3) is 0.667. The van der Waals surface area contributed by atoms with Crippen LogP contribution in [-0.4, -0.2) is 47.0 Å². The Kier molecular flexibility index (Phi) is 11.6. The standard InChI is InChI=1S/C27H45N3O4/c1-9-10-11-12-13-18-30(22(31)19-28-25(33)34-27(6,7)8)23(24(32)29-26(3,4)5)21-16-14-20(2)15-17-21/h14-17,23H,9-13,18-19H2,1-8H3,(H,28,33)(H,29,32). The van der Waals surface area contributed by atoms with Crippen LogP contribution >= 0.6 is 0 Å². The van der Waals surface area contributed by atoms with Crippen LogP contribution < -0.4 is 10.6 Å². The van der Waals surface area contributed by atoms with Crippen LogP contribution in [0.25, 0.3) is 0 Å². The molecule has 7 nitrogen and oxygen atoms in total. The number of hydrogen-bond donors (Lipinski definition) is 2. The van der Waals surface area contributed by atoms with Crippen LogP contribution in [0.3, 0.4) is 0 Å². The van der Waals surface area contributed by atoms with Gasteiger partial charge in [0, 0.05) is 12.1 Å².